The van der Waals surface area contributed by atoms with Gasteiger partial charge in [0.15, 0.2) is 5.82 Å². The van der Waals surface area contributed by atoms with E-state index >= 15 is 0 Å². The fraction of sp³-hybridized carbons (Fsp3) is 0.550. The smallest absolute Gasteiger partial charge is 0.242 e. The third-order valence-corrected chi connectivity index (χ3v) is 6.03. The van der Waals surface area contributed by atoms with Crippen LogP contribution in [0, 0.1) is 5.82 Å². The van der Waals surface area contributed by atoms with Crippen LogP contribution in [0.3, 0.4) is 0 Å². The van der Waals surface area contributed by atoms with Gasteiger partial charge in [0.1, 0.15) is 18.2 Å². The van der Waals surface area contributed by atoms with Crippen molar-refractivity contribution in [1.29, 1.82) is 0 Å². The Bertz CT molecular complexity index is 850. The lowest BCUT2D eigenvalue weighted by molar-refractivity contribution is -0.123. The normalized spacial score (nSPS) is 22.3. The zero-order chi connectivity index (χ0) is 18.4. The number of likely N-dealkylation sites (tertiary alicyclic amines) is 1. The molecule has 2 fully saturated rings. The van der Waals surface area contributed by atoms with Crippen molar-refractivity contribution in [3.63, 3.8) is 0 Å². The summed E-state index contributed by atoms with van der Waals surface area (Å²) < 4.78 is 14.9. The Morgan fingerprint density at radius 1 is 1.19 bits per heavy atom. The van der Waals surface area contributed by atoms with E-state index in [1.54, 1.807) is 0 Å². The summed E-state index contributed by atoms with van der Waals surface area (Å²) >= 11 is 0. The average Bonchev–Trinajstić information content (AvgIpc) is 3.44. The number of nitrogens with one attached hydrogen (secondary N) is 1. The maximum Gasteiger partial charge on any atom is 0.242 e. The Balaban J connectivity index is 1.28. The van der Waals surface area contributed by atoms with E-state index in [9.17, 15) is 9.18 Å². The van der Waals surface area contributed by atoms with E-state index in [-0.39, 0.29) is 23.8 Å². The molecule has 1 amide bonds. The van der Waals surface area contributed by atoms with E-state index in [4.69, 9.17) is 4.98 Å². The third kappa shape index (κ3) is 3.48. The number of nitrogens with zero attached hydrogens (tertiary/aromatic N) is 4. The highest BCUT2D eigenvalue weighted by Gasteiger charge is 2.40. The Labute approximate surface area is 157 Å². The van der Waals surface area contributed by atoms with Crippen LogP contribution in [0.1, 0.15) is 48.8 Å². The van der Waals surface area contributed by atoms with Crippen molar-refractivity contribution in [2.24, 2.45) is 0 Å². The monoisotopic (exact) mass is 369 g/mol. The van der Waals surface area contributed by atoms with E-state index < -0.39 is 0 Å². The molecule has 7 heteroatoms. The number of hydrogen-bond donors (Lipinski definition) is 1. The van der Waals surface area contributed by atoms with Gasteiger partial charge in [0, 0.05) is 37.5 Å². The summed E-state index contributed by atoms with van der Waals surface area (Å²) in [6.07, 6.45) is 4.87. The quantitative estimate of drug-likeness (QED) is 0.899. The zero-order valence-electron chi connectivity index (χ0n) is 15.3. The van der Waals surface area contributed by atoms with Gasteiger partial charge >= 0.3 is 0 Å². The zero-order valence-corrected chi connectivity index (χ0v) is 15.3. The number of fused-ring (bicyclic) bond motifs is 1. The van der Waals surface area contributed by atoms with E-state index in [0.717, 1.165) is 56.1 Å². The average molecular weight is 369 g/mol. The molecule has 1 N–H and O–H groups in total. The molecule has 1 aromatic heterocycles. The number of rotatable bonds is 3. The van der Waals surface area contributed by atoms with Gasteiger partial charge in [-0.2, -0.15) is 5.10 Å². The second-order valence-electron chi connectivity index (χ2n) is 8.23. The molecule has 2 aromatic rings. The minimum atomic E-state index is -0.224. The fourth-order valence-corrected chi connectivity index (χ4v) is 4.27. The SMILES string of the molecule is O=C1Cn2nc(C3CC3)nc2CC2(CCN(Cc3ccc(F)cc3)CC2)N1. The highest BCUT2D eigenvalue weighted by atomic mass is 19.1. The third-order valence-electron chi connectivity index (χ3n) is 6.03. The Morgan fingerprint density at radius 3 is 2.63 bits per heavy atom. The van der Waals surface area contributed by atoms with Crippen LogP contribution in [0.25, 0.3) is 0 Å². The first-order chi connectivity index (χ1) is 13.1. The Kier molecular flexibility index (Phi) is 4.00. The number of aromatic nitrogens is 3. The number of carbonyl (C=O) groups is 1. The van der Waals surface area contributed by atoms with Gasteiger partial charge in [0.25, 0.3) is 0 Å². The van der Waals surface area contributed by atoms with Crippen LogP contribution in [-0.2, 0) is 24.3 Å². The minimum absolute atomic E-state index is 0.0352. The number of benzene rings is 1. The number of amides is 1. The van der Waals surface area contributed by atoms with Crippen molar-refractivity contribution in [2.45, 2.75) is 56.7 Å². The molecule has 1 saturated heterocycles. The molecule has 0 atom stereocenters. The second-order valence-corrected chi connectivity index (χ2v) is 8.23. The van der Waals surface area contributed by atoms with Crippen LogP contribution in [0.5, 0.6) is 0 Å². The van der Waals surface area contributed by atoms with Crippen LogP contribution in [-0.4, -0.2) is 44.2 Å². The lowest BCUT2D eigenvalue weighted by Crippen LogP contribution is -2.56. The summed E-state index contributed by atoms with van der Waals surface area (Å²) in [5.41, 5.74) is 0.893. The number of hydrogen-bond acceptors (Lipinski definition) is 4. The van der Waals surface area contributed by atoms with Crippen molar-refractivity contribution < 1.29 is 9.18 Å². The molecule has 0 radical (unpaired) electrons. The summed E-state index contributed by atoms with van der Waals surface area (Å²) in [7, 11) is 0. The molecule has 0 unspecified atom stereocenters. The predicted octanol–water partition coefficient (Wildman–Crippen LogP) is 2.00. The number of halogens is 1. The molecule has 5 rings (SSSR count). The molecule has 0 bridgehead atoms. The first kappa shape index (κ1) is 16.9. The summed E-state index contributed by atoms with van der Waals surface area (Å²) in [6.45, 7) is 2.89. The van der Waals surface area contributed by atoms with Crippen molar-refractivity contribution in [1.82, 2.24) is 25.0 Å². The Morgan fingerprint density at radius 2 is 1.93 bits per heavy atom. The van der Waals surface area contributed by atoms with E-state index in [1.807, 2.05) is 16.8 Å². The Hall–Kier alpha value is -2.28. The van der Waals surface area contributed by atoms with Crippen molar-refractivity contribution >= 4 is 5.91 Å². The molecule has 27 heavy (non-hydrogen) atoms. The highest BCUT2D eigenvalue weighted by molar-refractivity contribution is 5.77. The topological polar surface area (TPSA) is 63.1 Å². The van der Waals surface area contributed by atoms with Gasteiger partial charge in [-0.15, -0.1) is 0 Å². The maximum absolute atomic E-state index is 13.1. The van der Waals surface area contributed by atoms with Gasteiger partial charge in [-0.25, -0.2) is 14.1 Å². The fourth-order valence-electron chi connectivity index (χ4n) is 4.27. The van der Waals surface area contributed by atoms with Crippen LogP contribution >= 0.6 is 0 Å². The maximum atomic E-state index is 13.1. The van der Waals surface area contributed by atoms with E-state index in [2.05, 4.69) is 15.3 Å². The highest BCUT2D eigenvalue weighted by Crippen LogP contribution is 2.39. The van der Waals surface area contributed by atoms with Gasteiger partial charge in [0.05, 0.1) is 0 Å². The van der Waals surface area contributed by atoms with Crippen molar-refractivity contribution in [3.05, 3.63) is 47.3 Å². The molecular weight excluding hydrogens is 345 g/mol. The summed E-state index contributed by atoms with van der Waals surface area (Å²) in [6, 6.07) is 6.71. The molecule has 3 aliphatic rings. The summed E-state index contributed by atoms with van der Waals surface area (Å²) in [5, 5.41) is 7.85. The molecule has 3 heterocycles. The lowest BCUT2D eigenvalue weighted by Gasteiger charge is -2.41. The van der Waals surface area contributed by atoms with Gasteiger partial charge in [-0.3, -0.25) is 9.69 Å². The molecule has 6 nitrogen and oxygen atoms in total. The molecule has 2 aliphatic heterocycles. The number of carbonyl (C=O) groups excluding carboxylic acids is 1. The van der Waals surface area contributed by atoms with Gasteiger partial charge in [-0.05, 0) is 43.4 Å². The molecule has 1 saturated carbocycles. The number of piperidine rings is 1. The standard InChI is InChI=1S/C20H24FN5O/c21-16-5-1-14(2-6-16)12-25-9-7-20(8-10-25)11-17-22-19(15-3-4-15)24-26(17)13-18(27)23-20/h1-2,5-6,15H,3-4,7-13H2,(H,23,27). The van der Waals surface area contributed by atoms with Crippen LogP contribution in [0.15, 0.2) is 24.3 Å². The van der Waals surface area contributed by atoms with Gasteiger partial charge in [-0.1, -0.05) is 12.1 Å². The molecule has 1 aromatic carbocycles. The second kappa shape index (κ2) is 6.41. The summed E-state index contributed by atoms with van der Waals surface area (Å²) in [4.78, 5) is 19.6. The molecule has 142 valence electrons. The van der Waals surface area contributed by atoms with Gasteiger partial charge < -0.3 is 5.32 Å². The van der Waals surface area contributed by atoms with Crippen LogP contribution < -0.4 is 5.32 Å². The lowest BCUT2D eigenvalue weighted by atomic mass is 9.84. The van der Waals surface area contributed by atoms with Crippen LogP contribution in [0.2, 0.25) is 0 Å². The molecule has 1 spiro atoms. The van der Waals surface area contributed by atoms with Crippen LogP contribution in [0.4, 0.5) is 4.39 Å². The van der Waals surface area contributed by atoms with E-state index in [1.165, 1.54) is 25.0 Å². The minimum Gasteiger partial charge on any atom is -0.349 e. The first-order valence-electron chi connectivity index (χ1n) is 9.80. The molecular formula is C20H24FN5O. The molecule has 1 aliphatic carbocycles. The van der Waals surface area contributed by atoms with Gasteiger partial charge in [0.2, 0.25) is 5.91 Å². The van der Waals surface area contributed by atoms with Crippen molar-refractivity contribution in [2.75, 3.05) is 13.1 Å². The predicted molar refractivity (Wildman–Crippen MR) is 97.5 cm³/mol. The van der Waals surface area contributed by atoms with E-state index in [0.29, 0.717) is 5.92 Å². The largest absolute Gasteiger partial charge is 0.349 e. The first-order valence-corrected chi connectivity index (χ1v) is 9.80. The summed E-state index contributed by atoms with van der Waals surface area (Å²) in [5.74, 6) is 2.20. The van der Waals surface area contributed by atoms with Crippen molar-refractivity contribution in [3.8, 4) is 0 Å².